The summed E-state index contributed by atoms with van der Waals surface area (Å²) in [5, 5.41) is 5.91. The van der Waals surface area contributed by atoms with Crippen molar-refractivity contribution in [2.24, 2.45) is 7.05 Å². The van der Waals surface area contributed by atoms with Gasteiger partial charge >= 0.3 is 30.7 Å². The molecular weight excluding hydrogens is 579 g/mol. The van der Waals surface area contributed by atoms with E-state index in [1.165, 1.54) is 11.7 Å². The van der Waals surface area contributed by atoms with Gasteiger partial charge in [0.1, 0.15) is 11.4 Å². The molecule has 18 heteroatoms. The summed E-state index contributed by atoms with van der Waals surface area (Å²) in [6, 6.07) is 2.61. The first-order valence-electron chi connectivity index (χ1n) is 9.74. The lowest BCUT2D eigenvalue weighted by Gasteiger charge is -2.30. The first-order chi connectivity index (χ1) is 16.7. The number of hydrogen-bond donors (Lipinski definition) is 1. The third kappa shape index (κ3) is 6.52. The van der Waals surface area contributed by atoms with E-state index in [-0.39, 0.29) is 22.8 Å². The number of carbonyl (C=O) groups excluding carboxylic acids is 1. The monoisotopic (exact) mass is 593 g/mol. The Morgan fingerprint density at radius 1 is 1.11 bits per heavy atom. The van der Waals surface area contributed by atoms with Crippen molar-refractivity contribution in [3.05, 3.63) is 45.2 Å². The second-order valence-electron chi connectivity index (χ2n) is 7.22. The zero-order valence-corrected chi connectivity index (χ0v) is 19.9. The summed E-state index contributed by atoms with van der Waals surface area (Å²) in [7, 11) is 1.46. The second-order valence-corrected chi connectivity index (χ2v) is 8.01. The Hall–Kier alpha value is -2.46. The van der Waals surface area contributed by atoms with Crippen LogP contribution in [-0.4, -0.2) is 46.4 Å². The van der Waals surface area contributed by atoms with Gasteiger partial charge in [0.15, 0.2) is 0 Å². The van der Waals surface area contributed by atoms with Gasteiger partial charge < -0.3 is 10.1 Å². The van der Waals surface area contributed by atoms with Gasteiger partial charge in [0.05, 0.1) is 15.7 Å². The summed E-state index contributed by atoms with van der Waals surface area (Å²) in [4.78, 5) is 12.4. The molecule has 0 aliphatic rings. The van der Waals surface area contributed by atoms with Gasteiger partial charge in [-0.2, -0.15) is 44.6 Å². The van der Waals surface area contributed by atoms with E-state index in [1.807, 2.05) is 0 Å². The number of carbonyl (C=O) groups is 1. The van der Waals surface area contributed by atoms with Crippen LogP contribution in [0, 0.1) is 0 Å². The van der Waals surface area contributed by atoms with Gasteiger partial charge in [-0.05, 0) is 24.1 Å². The van der Waals surface area contributed by atoms with Crippen LogP contribution in [0.5, 0.6) is 5.75 Å². The van der Waals surface area contributed by atoms with Crippen molar-refractivity contribution in [2.75, 3.05) is 0 Å². The fourth-order valence-corrected chi connectivity index (χ4v) is 3.28. The van der Waals surface area contributed by atoms with Crippen LogP contribution in [0.3, 0.4) is 0 Å². The molecule has 0 bridgehead atoms. The van der Waals surface area contributed by atoms with E-state index in [9.17, 15) is 48.7 Å². The van der Waals surface area contributed by atoms with Crippen molar-refractivity contribution in [1.82, 2.24) is 15.1 Å². The van der Waals surface area contributed by atoms with Crippen molar-refractivity contribution in [3.63, 3.8) is 0 Å². The predicted molar refractivity (Wildman–Crippen MR) is 108 cm³/mol. The summed E-state index contributed by atoms with van der Waals surface area (Å²) >= 11 is 11.8. The third-order valence-corrected chi connectivity index (χ3v) is 5.23. The average Bonchev–Trinajstić information content (AvgIpc) is 3.05. The number of halogens is 12. The Morgan fingerprint density at radius 3 is 2.19 bits per heavy atom. The van der Waals surface area contributed by atoms with E-state index in [1.54, 1.807) is 6.92 Å². The van der Waals surface area contributed by atoms with Crippen molar-refractivity contribution >= 4 is 29.1 Å². The number of benzene rings is 1. The van der Waals surface area contributed by atoms with Gasteiger partial charge in [-0.1, -0.05) is 36.2 Å². The van der Waals surface area contributed by atoms with Gasteiger partial charge in [-0.25, -0.2) is 4.39 Å². The summed E-state index contributed by atoms with van der Waals surface area (Å²) in [6.07, 6.45) is -23.5. The predicted octanol–water partition coefficient (Wildman–Crippen LogP) is 6.29. The molecule has 1 aromatic carbocycles. The number of hydrogen-bond acceptors (Lipinski definition) is 4. The van der Waals surface area contributed by atoms with Crippen LogP contribution in [0.1, 0.15) is 28.7 Å². The Balaban J connectivity index is 2.10. The normalized spacial score (nSPS) is 14.0. The van der Waals surface area contributed by atoms with Crippen LogP contribution in [0.25, 0.3) is 0 Å². The molecule has 208 valence electrons. The number of aryl methyl sites for hydroxylation is 2. The highest BCUT2D eigenvalue weighted by molar-refractivity contribution is 6.34. The summed E-state index contributed by atoms with van der Waals surface area (Å²) in [5.74, 6) is -8.75. The number of alkyl halides is 10. The van der Waals surface area contributed by atoms with Crippen LogP contribution in [0.15, 0.2) is 18.2 Å². The SMILES string of the molecule is CCc1nn(C)c(C(=O)NCc2ccc(OC(F)(F)C(F)OC(F)(F)C(F)(F)C(F)(F)F)c(Cl)c2)c1Cl. The minimum atomic E-state index is -7.00. The lowest BCUT2D eigenvalue weighted by atomic mass is 10.2. The summed E-state index contributed by atoms with van der Waals surface area (Å²) in [5.41, 5.74) is 0.633. The number of nitrogens with one attached hydrogen (secondary N) is 1. The molecule has 1 aromatic heterocycles. The average molecular weight is 594 g/mol. The second kappa shape index (κ2) is 10.7. The van der Waals surface area contributed by atoms with Gasteiger partial charge in [0, 0.05) is 13.6 Å². The molecule has 0 aliphatic carbocycles. The molecule has 0 aliphatic heterocycles. The standard InChI is InChI=1S/C19H15Cl2F10N3O3/c1-3-10-12(21)13(34(2)33-10)14(35)32-7-8-4-5-11(9(20)6-8)36-16(23,24)15(22)37-19(30,31)17(25,26)18(27,28)29/h4-6,15H,3,7H2,1-2H3,(H,32,35). The number of nitrogens with zero attached hydrogens (tertiary/aromatic N) is 2. The van der Waals surface area contributed by atoms with E-state index >= 15 is 0 Å². The Bertz CT molecular complexity index is 1140. The fourth-order valence-electron chi connectivity index (χ4n) is 2.66. The first-order valence-corrected chi connectivity index (χ1v) is 10.5. The zero-order valence-electron chi connectivity index (χ0n) is 18.4. The van der Waals surface area contributed by atoms with E-state index in [2.05, 4.69) is 19.9 Å². The fraction of sp³-hybridized carbons (Fsp3) is 0.474. The van der Waals surface area contributed by atoms with Crippen LogP contribution in [-0.2, 0) is 24.8 Å². The van der Waals surface area contributed by atoms with Crippen molar-refractivity contribution in [2.45, 2.75) is 50.6 Å². The number of ether oxygens (including phenoxy) is 2. The number of amides is 1. The maximum atomic E-state index is 13.8. The van der Waals surface area contributed by atoms with Crippen molar-refractivity contribution < 1.29 is 58.2 Å². The minimum Gasteiger partial charge on any atom is -0.427 e. The first kappa shape index (κ1) is 30.8. The van der Waals surface area contributed by atoms with E-state index in [0.717, 1.165) is 12.1 Å². The van der Waals surface area contributed by atoms with Gasteiger partial charge in [0.2, 0.25) is 0 Å². The van der Waals surface area contributed by atoms with E-state index < -0.39 is 47.4 Å². The van der Waals surface area contributed by atoms with Crippen molar-refractivity contribution in [1.29, 1.82) is 0 Å². The third-order valence-electron chi connectivity index (χ3n) is 4.54. The van der Waals surface area contributed by atoms with Crippen molar-refractivity contribution in [3.8, 4) is 5.75 Å². The molecule has 6 nitrogen and oxygen atoms in total. The van der Waals surface area contributed by atoms with Gasteiger partial charge in [-0.15, -0.1) is 0 Å². The molecule has 0 radical (unpaired) electrons. The molecule has 1 unspecified atom stereocenters. The molecule has 37 heavy (non-hydrogen) atoms. The molecule has 1 atom stereocenters. The highest BCUT2D eigenvalue weighted by Gasteiger charge is 2.76. The lowest BCUT2D eigenvalue weighted by molar-refractivity contribution is -0.460. The van der Waals surface area contributed by atoms with Crippen LogP contribution in [0.2, 0.25) is 10.0 Å². The summed E-state index contributed by atoms with van der Waals surface area (Å²) in [6.45, 7) is 1.50. The molecular formula is C19H15Cl2F10N3O3. The molecule has 0 fully saturated rings. The molecule has 1 heterocycles. The molecule has 0 spiro atoms. The summed E-state index contributed by atoms with van der Waals surface area (Å²) < 4.78 is 137. The molecule has 1 amide bonds. The highest BCUT2D eigenvalue weighted by Crippen LogP contribution is 2.48. The Morgan fingerprint density at radius 2 is 1.70 bits per heavy atom. The number of aromatic nitrogens is 2. The Kier molecular flexibility index (Phi) is 8.92. The smallest absolute Gasteiger partial charge is 0.427 e. The number of rotatable bonds is 10. The molecule has 0 saturated heterocycles. The topological polar surface area (TPSA) is 65.4 Å². The maximum Gasteiger partial charge on any atom is 0.462 e. The lowest BCUT2D eigenvalue weighted by Crippen LogP contribution is -2.56. The molecule has 0 saturated carbocycles. The quantitative estimate of drug-likeness (QED) is 0.329. The largest absolute Gasteiger partial charge is 0.462 e. The van der Waals surface area contributed by atoms with Crippen LogP contribution < -0.4 is 10.1 Å². The van der Waals surface area contributed by atoms with Gasteiger partial charge in [-0.3, -0.25) is 14.2 Å². The maximum absolute atomic E-state index is 13.8. The minimum absolute atomic E-state index is 0.0195. The van der Waals surface area contributed by atoms with E-state index in [4.69, 9.17) is 23.2 Å². The highest BCUT2D eigenvalue weighted by atomic mass is 35.5. The molecule has 2 aromatic rings. The van der Waals surface area contributed by atoms with Crippen LogP contribution >= 0.6 is 23.2 Å². The molecule has 1 N–H and O–H groups in total. The zero-order chi connectivity index (χ0) is 28.6. The van der Waals surface area contributed by atoms with Gasteiger partial charge in [0.25, 0.3) is 5.91 Å². The Labute approximate surface area is 211 Å². The van der Waals surface area contributed by atoms with E-state index in [0.29, 0.717) is 18.2 Å². The molecule has 2 rings (SSSR count). The van der Waals surface area contributed by atoms with Crippen LogP contribution in [0.4, 0.5) is 43.9 Å².